The average Bonchev–Trinajstić information content (AvgIpc) is 3.37. The van der Waals surface area contributed by atoms with Gasteiger partial charge in [0.25, 0.3) is 0 Å². The summed E-state index contributed by atoms with van der Waals surface area (Å²) >= 11 is 1.57. The first-order valence-corrected chi connectivity index (χ1v) is 11.5. The van der Waals surface area contributed by atoms with Gasteiger partial charge in [-0.05, 0) is 56.2 Å². The summed E-state index contributed by atoms with van der Waals surface area (Å²) in [6.45, 7) is 6.23. The first-order chi connectivity index (χ1) is 15.6. The van der Waals surface area contributed by atoms with Gasteiger partial charge in [-0.1, -0.05) is 12.1 Å². The number of benzene rings is 2. The summed E-state index contributed by atoms with van der Waals surface area (Å²) in [5, 5.41) is 6.27. The Kier molecular flexibility index (Phi) is 5.57. The molecule has 3 heterocycles. The van der Waals surface area contributed by atoms with Crippen LogP contribution in [0.25, 0.3) is 11.3 Å². The molecule has 2 aromatic carbocycles. The molecular weight excluding hydrogens is 425 g/mol. The quantitative estimate of drug-likeness (QED) is 0.385. The van der Waals surface area contributed by atoms with Crippen molar-refractivity contribution in [1.29, 1.82) is 0 Å². The van der Waals surface area contributed by atoms with E-state index in [1.807, 2.05) is 30.3 Å². The van der Waals surface area contributed by atoms with Crippen LogP contribution in [-0.2, 0) is 13.0 Å². The molecule has 32 heavy (non-hydrogen) atoms. The molecule has 0 unspecified atom stereocenters. The zero-order chi connectivity index (χ0) is 22.1. The molecule has 0 aliphatic carbocycles. The van der Waals surface area contributed by atoms with Gasteiger partial charge in [0.2, 0.25) is 0 Å². The Morgan fingerprint density at radius 2 is 1.81 bits per heavy atom. The summed E-state index contributed by atoms with van der Waals surface area (Å²) in [4.78, 5) is 4.81. The molecular formula is C25H24FN3O2S. The summed E-state index contributed by atoms with van der Waals surface area (Å²) < 4.78 is 26.7. The van der Waals surface area contributed by atoms with Crippen LogP contribution >= 0.6 is 11.3 Å². The maximum atomic E-state index is 13.2. The summed E-state index contributed by atoms with van der Waals surface area (Å²) in [6, 6.07) is 14.7. The van der Waals surface area contributed by atoms with E-state index in [4.69, 9.17) is 14.5 Å². The molecule has 0 radical (unpaired) electrons. The molecule has 4 aromatic rings. The molecule has 0 amide bonds. The van der Waals surface area contributed by atoms with Crippen LogP contribution in [0.15, 0.2) is 53.9 Å². The molecule has 1 aliphatic heterocycles. The third kappa shape index (κ3) is 4.21. The minimum absolute atomic E-state index is 0.200. The van der Waals surface area contributed by atoms with E-state index in [2.05, 4.69) is 35.2 Å². The fourth-order valence-corrected chi connectivity index (χ4v) is 4.73. The van der Waals surface area contributed by atoms with Crippen molar-refractivity contribution in [1.82, 2.24) is 9.55 Å². The Morgan fingerprint density at radius 1 is 1.03 bits per heavy atom. The zero-order valence-corrected chi connectivity index (χ0v) is 18.8. The summed E-state index contributed by atoms with van der Waals surface area (Å²) in [5.74, 6) is 1.32. The smallest absolute Gasteiger partial charge is 0.187 e. The molecule has 0 saturated heterocycles. The van der Waals surface area contributed by atoms with Gasteiger partial charge in [0, 0.05) is 40.6 Å². The van der Waals surface area contributed by atoms with Crippen molar-refractivity contribution >= 4 is 22.2 Å². The summed E-state index contributed by atoms with van der Waals surface area (Å²) in [6.07, 6.45) is 0.851. The number of thiazole rings is 1. The van der Waals surface area contributed by atoms with Crippen LogP contribution in [0, 0.1) is 19.7 Å². The molecule has 0 saturated carbocycles. The Morgan fingerprint density at radius 3 is 2.62 bits per heavy atom. The van der Waals surface area contributed by atoms with E-state index in [1.165, 1.54) is 23.5 Å². The number of hydrogen-bond acceptors (Lipinski definition) is 5. The molecule has 1 N–H and O–H groups in total. The van der Waals surface area contributed by atoms with Gasteiger partial charge in [-0.15, -0.1) is 11.3 Å². The standard InChI is InChI=1S/C25H24FN3O2S/c1-16-13-21(17(2)29(16)10-9-18-3-5-19(26)6-4-18)22-15-32-25(28-22)27-20-7-8-23-24(14-20)31-12-11-30-23/h3-8,13-15H,9-12H2,1-2H3,(H,27,28). The predicted molar refractivity (Wildman–Crippen MR) is 126 cm³/mol. The maximum absolute atomic E-state index is 13.2. The van der Waals surface area contributed by atoms with Crippen LogP contribution in [-0.4, -0.2) is 22.8 Å². The summed E-state index contributed by atoms with van der Waals surface area (Å²) in [7, 11) is 0. The third-order valence-corrected chi connectivity index (χ3v) is 6.44. The highest BCUT2D eigenvalue weighted by atomic mass is 32.1. The number of rotatable bonds is 6. The molecule has 164 valence electrons. The molecule has 2 aromatic heterocycles. The SMILES string of the molecule is Cc1cc(-c2csc(Nc3ccc4c(c3)OCCO4)n2)c(C)n1CCc1ccc(F)cc1. The van der Waals surface area contributed by atoms with Gasteiger partial charge in [0.15, 0.2) is 16.6 Å². The topological polar surface area (TPSA) is 48.3 Å². The van der Waals surface area contributed by atoms with E-state index in [-0.39, 0.29) is 5.82 Å². The Hall–Kier alpha value is -3.32. The van der Waals surface area contributed by atoms with Gasteiger partial charge in [0.1, 0.15) is 19.0 Å². The third-order valence-electron chi connectivity index (χ3n) is 5.68. The average molecular weight is 450 g/mol. The summed E-state index contributed by atoms with van der Waals surface area (Å²) in [5.41, 5.74) is 6.50. The van der Waals surface area contributed by atoms with Gasteiger partial charge in [-0.25, -0.2) is 9.37 Å². The highest BCUT2D eigenvalue weighted by Crippen LogP contribution is 2.35. The maximum Gasteiger partial charge on any atom is 0.187 e. The van der Waals surface area contributed by atoms with Crippen LogP contribution in [0.4, 0.5) is 15.2 Å². The van der Waals surface area contributed by atoms with Gasteiger partial charge in [-0.3, -0.25) is 0 Å². The Labute approximate surface area is 190 Å². The highest BCUT2D eigenvalue weighted by Gasteiger charge is 2.15. The van der Waals surface area contributed by atoms with Crippen LogP contribution in [0.5, 0.6) is 11.5 Å². The fourth-order valence-electron chi connectivity index (χ4n) is 4.00. The second-order valence-corrected chi connectivity index (χ2v) is 8.69. The number of aryl methyl sites for hydroxylation is 2. The predicted octanol–water partition coefficient (Wildman–Crippen LogP) is 6.13. The van der Waals surface area contributed by atoms with Crippen LogP contribution in [0.3, 0.4) is 0 Å². The molecule has 5 nitrogen and oxygen atoms in total. The largest absolute Gasteiger partial charge is 0.486 e. The van der Waals surface area contributed by atoms with Crippen molar-refractivity contribution in [2.45, 2.75) is 26.8 Å². The lowest BCUT2D eigenvalue weighted by Crippen LogP contribution is -2.15. The number of nitrogens with one attached hydrogen (secondary N) is 1. The number of halogens is 1. The van der Waals surface area contributed by atoms with Gasteiger partial charge >= 0.3 is 0 Å². The van der Waals surface area contributed by atoms with Gasteiger partial charge in [-0.2, -0.15) is 0 Å². The van der Waals surface area contributed by atoms with Crippen molar-refractivity contribution < 1.29 is 13.9 Å². The minimum Gasteiger partial charge on any atom is -0.486 e. The Balaban J connectivity index is 1.31. The van der Waals surface area contributed by atoms with Crippen molar-refractivity contribution in [3.63, 3.8) is 0 Å². The van der Waals surface area contributed by atoms with Crippen LogP contribution in [0.1, 0.15) is 17.0 Å². The van der Waals surface area contributed by atoms with E-state index >= 15 is 0 Å². The molecule has 0 bridgehead atoms. The fraction of sp³-hybridized carbons (Fsp3) is 0.240. The van der Waals surface area contributed by atoms with Crippen LogP contribution in [0.2, 0.25) is 0 Å². The second-order valence-electron chi connectivity index (χ2n) is 7.83. The van der Waals surface area contributed by atoms with Crippen molar-refractivity contribution in [3.05, 3.63) is 76.7 Å². The number of hydrogen-bond donors (Lipinski definition) is 1. The number of fused-ring (bicyclic) bond motifs is 1. The molecule has 5 rings (SSSR count). The van der Waals surface area contributed by atoms with E-state index in [0.717, 1.165) is 52.1 Å². The molecule has 0 atom stereocenters. The first kappa shape index (κ1) is 20.6. The lowest BCUT2D eigenvalue weighted by molar-refractivity contribution is 0.171. The number of ether oxygens (including phenoxy) is 2. The molecule has 7 heteroatoms. The lowest BCUT2D eigenvalue weighted by Gasteiger charge is -2.18. The molecule has 1 aliphatic rings. The van der Waals surface area contributed by atoms with E-state index in [1.54, 1.807) is 11.3 Å². The van der Waals surface area contributed by atoms with Crippen molar-refractivity contribution in [2.24, 2.45) is 0 Å². The molecule has 0 fully saturated rings. The highest BCUT2D eigenvalue weighted by molar-refractivity contribution is 7.14. The van der Waals surface area contributed by atoms with Crippen molar-refractivity contribution in [2.75, 3.05) is 18.5 Å². The zero-order valence-electron chi connectivity index (χ0n) is 18.0. The second kappa shape index (κ2) is 8.67. The lowest BCUT2D eigenvalue weighted by atomic mass is 10.1. The number of aromatic nitrogens is 2. The van der Waals surface area contributed by atoms with E-state index in [0.29, 0.717) is 13.2 Å². The first-order valence-electron chi connectivity index (χ1n) is 10.6. The van der Waals surface area contributed by atoms with E-state index < -0.39 is 0 Å². The van der Waals surface area contributed by atoms with Gasteiger partial charge < -0.3 is 19.4 Å². The van der Waals surface area contributed by atoms with Crippen LogP contribution < -0.4 is 14.8 Å². The number of nitrogens with zero attached hydrogens (tertiary/aromatic N) is 2. The van der Waals surface area contributed by atoms with Gasteiger partial charge in [0.05, 0.1) is 5.69 Å². The van der Waals surface area contributed by atoms with Crippen molar-refractivity contribution in [3.8, 4) is 22.8 Å². The molecule has 0 spiro atoms. The monoisotopic (exact) mass is 449 g/mol. The Bertz CT molecular complexity index is 1250. The number of anilines is 2. The van der Waals surface area contributed by atoms with E-state index in [9.17, 15) is 4.39 Å². The normalized spacial score (nSPS) is 12.7. The minimum atomic E-state index is -0.200.